The lowest BCUT2D eigenvalue weighted by Crippen LogP contribution is -2.44. The number of phosphoric acid groups is 1. The van der Waals surface area contributed by atoms with E-state index >= 15 is 8.78 Å². The van der Waals surface area contributed by atoms with Crippen LogP contribution in [0.1, 0.15) is 226 Å². The fraction of sp³-hybridized carbons (Fsp3) is 0.891. The van der Waals surface area contributed by atoms with Crippen LogP contribution in [0.4, 0.5) is 14.6 Å². The minimum Gasteiger partial charge on any atom is -0.453 e. The maximum atomic E-state index is 16.2. The summed E-state index contributed by atoms with van der Waals surface area (Å²) in [5, 5.41) is 0. The molecule has 1 aromatic heterocycles. The summed E-state index contributed by atoms with van der Waals surface area (Å²) < 4.78 is 75.5. The van der Waals surface area contributed by atoms with E-state index in [2.05, 4.69) is 25.8 Å². The molecule has 1 aliphatic heterocycles. The number of alkyl halides is 2. The van der Waals surface area contributed by atoms with Crippen LogP contribution < -0.4 is 11.4 Å². The first-order valence-corrected chi connectivity index (χ1v) is 25.6. The molecule has 0 amide bonds. The minimum atomic E-state index is -4.24. The first-order valence-electron chi connectivity index (χ1n) is 24.2. The molecule has 11 nitrogen and oxygen atoms in total. The number of carbonyl (C=O) groups is 1. The summed E-state index contributed by atoms with van der Waals surface area (Å²) in [7, 11) is -4.24. The standard InChI is InChI=1S/C46H84F2N3O8P/c1-4-7-10-13-16-19-22-25-28-31-34-42(52)59-43-40(58-44(46(43,47)48)51-36-35-41(49)50-45(51)53)39-57-60(54,55-37-32-29-26-23-20-17-14-11-8-5-2)56-38-33-30-27-24-21-18-15-12-9-6-3/h35-36,40,43-44H,4-34,37-39H2,1-3H3,(H2,49,50,53)/t40?,43-,44-/m1/s1. The molecule has 14 heteroatoms. The fourth-order valence-electron chi connectivity index (χ4n) is 7.62. The van der Waals surface area contributed by atoms with Crippen LogP contribution in [0, 0.1) is 0 Å². The zero-order valence-electron chi connectivity index (χ0n) is 37.9. The number of halogens is 2. The van der Waals surface area contributed by atoms with Crippen molar-refractivity contribution in [2.75, 3.05) is 25.6 Å². The van der Waals surface area contributed by atoms with E-state index in [1.54, 1.807) is 0 Å². The molecular formula is C46H84F2N3O8P. The van der Waals surface area contributed by atoms with E-state index in [4.69, 9.17) is 28.8 Å². The topological polar surface area (TPSA) is 141 Å². The number of rotatable bonds is 40. The molecule has 350 valence electrons. The minimum absolute atomic E-state index is 0.0485. The van der Waals surface area contributed by atoms with E-state index < -0.39 is 50.4 Å². The van der Waals surface area contributed by atoms with Crippen molar-refractivity contribution < 1.29 is 41.2 Å². The number of nitrogens with two attached hydrogens (primary N) is 1. The normalized spacial score (nSPS) is 17.7. The van der Waals surface area contributed by atoms with Gasteiger partial charge in [-0.25, -0.2) is 9.36 Å². The first kappa shape index (κ1) is 54.2. The second-order valence-electron chi connectivity index (χ2n) is 16.9. The molecule has 0 spiro atoms. The van der Waals surface area contributed by atoms with Gasteiger partial charge in [-0.1, -0.05) is 194 Å². The van der Waals surface area contributed by atoms with Crippen molar-refractivity contribution in [2.24, 2.45) is 0 Å². The van der Waals surface area contributed by atoms with E-state index in [0.717, 1.165) is 70.4 Å². The predicted octanol–water partition coefficient (Wildman–Crippen LogP) is 13.6. The average Bonchev–Trinajstić information content (AvgIpc) is 3.46. The number of nitrogen functional groups attached to an aromatic ring is 1. The number of carbonyl (C=O) groups excluding carboxylic acids is 1. The summed E-state index contributed by atoms with van der Waals surface area (Å²) in [6.07, 6.45) is 27.9. The van der Waals surface area contributed by atoms with Gasteiger partial charge in [0, 0.05) is 12.6 Å². The summed E-state index contributed by atoms with van der Waals surface area (Å²) >= 11 is 0. The molecule has 3 atom stereocenters. The van der Waals surface area contributed by atoms with Crippen molar-refractivity contribution in [1.29, 1.82) is 0 Å². The Morgan fingerprint density at radius 2 is 1.08 bits per heavy atom. The number of anilines is 1. The lowest BCUT2D eigenvalue weighted by atomic mass is 10.1. The summed E-state index contributed by atoms with van der Waals surface area (Å²) in [6, 6.07) is 1.20. The predicted molar refractivity (Wildman–Crippen MR) is 237 cm³/mol. The monoisotopic (exact) mass is 876 g/mol. The summed E-state index contributed by atoms with van der Waals surface area (Å²) in [5.74, 6) is -4.83. The van der Waals surface area contributed by atoms with Crippen LogP contribution in [0.3, 0.4) is 0 Å². The van der Waals surface area contributed by atoms with Crippen LogP contribution in [0.5, 0.6) is 0 Å². The Bertz CT molecular complexity index is 1310. The third-order valence-electron chi connectivity index (χ3n) is 11.3. The zero-order valence-corrected chi connectivity index (χ0v) is 38.8. The van der Waals surface area contributed by atoms with Gasteiger partial charge in [0.25, 0.3) is 0 Å². The maximum Gasteiger partial charge on any atom is 0.474 e. The summed E-state index contributed by atoms with van der Waals surface area (Å²) in [4.78, 5) is 29.3. The molecule has 0 aliphatic carbocycles. The molecule has 2 heterocycles. The zero-order chi connectivity index (χ0) is 43.7. The van der Waals surface area contributed by atoms with Gasteiger partial charge in [0.1, 0.15) is 11.9 Å². The van der Waals surface area contributed by atoms with Gasteiger partial charge in [0.05, 0.1) is 19.8 Å². The number of aromatic nitrogens is 2. The van der Waals surface area contributed by atoms with Gasteiger partial charge in [0.15, 0.2) is 6.10 Å². The lowest BCUT2D eigenvalue weighted by Gasteiger charge is -2.25. The van der Waals surface area contributed by atoms with Crippen LogP contribution in [0.15, 0.2) is 17.1 Å². The number of ether oxygens (including phenoxy) is 2. The Morgan fingerprint density at radius 1 is 0.683 bits per heavy atom. The van der Waals surface area contributed by atoms with Gasteiger partial charge in [0.2, 0.25) is 6.23 Å². The van der Waals surface area contributed by atoms with Crippen LogP contribution in [0.25, 0.3) is 0 Å². The maximum absolute atomic E-state index is 16.2. The SMILES string of the molecule is CCCCCCCCCCCCOP(=O)(OCCCCCCCCCCCC)OCC1O[C@@H](n2ccc(N)nc2=O)C(F)(F)[C@@H]1OC(=O)CCCCCCCCCCCC. The number of phosphoric ester groups is 1. The second-order valence-corrected chi connectivity index (χ2v) is 18.5. The Hall–Kier alpha value is -1.92. The molecule has 1 aliphatic rings. The molecule has 0 radical (unpaired) electrons. The van der Waals surface area contributed by atoms with Gasteiger partial charge in [-0.15, -0.1) is 0 Å². The van der Waals surface area contributed by atoms with E-state index in [1.807, 2.05) is 0 Å². The molecular weight excluding hydrogens is 791 g/mol. The highest BCUT2D eigenvalue weighted by Crippen LogP contribution is 2.52. The first-order chi connectivity index (χ1) is 29.1. The largest absolute Gasteiger partial charge is 0.474 e. The smallest absolute Gasteiger partial charge is 0.453 e. The van der Waals surface area contributed by atoms with Crippen LogP contribution in [0.2, 0.25) is 0 Å². The highest BCUT2D eigenvalue weighted by molar-refractivity contribution is 7.48. The summed E-state index contributed by atoms with van der Waals surface area (Å²) in [6.45, 7) is 6.15. The highest BCUT2D eigenvalue weighted by atomic mass is 31.2. The van der Waals surface area contributed by atoms with Crippen molar-refractivity contribution in [3.63, 3.8) is 0 Å². The Morgan fingerprint density at radius 3 is 1.50 bits per heavy atom. The number of esters is 1. The molecule has 1 saturated heterocycles. The fourth-order valence-corrected chi connectivity index (χ4v) is 8.88. The Kier molecular flexibility index (Phi) is 30.4. The number of hydrogen-bond acceptors (Lipinski definition) is 10. The molecule has 0 aromatic carbocycles. The number of hydrogen-bond donors (Lipinski definition) is 1. The van der Waals surface area contributed by atoms with Gasteiger partial charge in [-0.2, -0.15) is 13.8 Å². The van der Waals surface area contributed by atoms with E-state index in [0.29, 0.717) is 23.8 Å². The van der Waals surface area contributed by atoms with E-state index in [-0.39, 0.29) is 25.5 Å². The van der Waals surface area contributed by atoms with E-state index in [9.17, 15) is 14.2 Å². The number of unbranched alkanes of at least 4 members (excludes halogenated alkanes) is 27. The van der Waals surface area contributed by atoms with Crippen molar-refractivity contribution in [3.8, 4) is 0 Å². The molecule has 2 N–H and O–H groups in total. The van der Waals surface area contributed by atoms with Gasteiger partial charge < -0.3 is 15.2 Å². The molecule has 0 saturated carbocycles. The van der Waals surface area contributed by atoms with Gasteiger partial charge >= 0.3 is 25.4 Å². The molecule has 1 aromatic rings. The van der Waals surface area contributed by atoms with Crippen molar-refractivity contribution in [3.05, 3.63) is 22.7 Å². The molecule has 60 heavy (non-hydrogen) atoms. The lowest BCUT2D eigenvalue weighted by molar-refractivity contribution is -0.176. The van der Waals surface area contributed by atoms with Crippen molar-refractivity contribution >= 4 is 19.6 Å². The highest BCUT2D eigenvalue weighted by Gasteiger charge is 2.63. The average molecular weight is 876 g/mol. The Balaban J connectivity index is 2.03. The molecule has 0 bridgehead atoms. The van der Waals surface area contributed by atoms with Gasteiger partial charge in [-0.3, -0.25) is 22.9 Å². The third-order valence-corrected chi connectivity index (χ3v) is 12.8. The second kappa shape index (κ2) is 33.6. The van der Waals surface area contributed by atoms with Crippen LogP contribution in [-0.4, -0.2) is 53.5 Å². The summed E-state index contributed by atoms with van der Waals surface area (Å²) in [5.41, 5.74) is 4.57. The molecule has 1 fully saturated rings. The number of nitrogens with zero attached hydrogens (tertiary/aromatic N) is 2. The van der Waals surface area contributed by atoms with Crippen LogP contribution in [-0.2, 0) is 32.4 Å². The Labute approximate surface area is 362 Å². The van der Waals surface area contributed by atoms with E-state index in [1.165, 1.54) is 115 Å². The van der Waals surface area contributed by atoms with Gasteiger partial charge in [-0.05, 0) is 25.3 Å². The van der Waals surface area contributed by atoms with Crippen molar-refractivity contribution in [1.82, 2.24) is 9.55 Å². The van der Waals surface area contributed by atoms with Crippen LogP contribution >= 0.6 is 7.82 Å². The quantitative estimate of drug-likeness (QED) is 0.0385. The molecule has 2 rings (SSSR count). The third kappa shape index (κ3) is 23.5. The van der Waals surface area contributed by atoms with Crippen molar-refractivity contribution in [2.45, 2.75) is 244 Å². The molecule has 1 unspecified atom stereocenters.